The Hall–Kier alpha value is -0.660. The summed E-state index contributed by atoms with van der Waals surface area (Å²) in [4.78, 5) is 11.3. The van der Waals surface area contributed by atoms with Crippen LogP contribution in [0.25, 0.3) is 0 Å². The Balaban J connectivity index is 3.10. The highest BCUT2D eigenvalue weighted by atomic mass is 79.9. The van der Waals surface area contributed by atoms with Crippen LogP contribution in [0.2, 0.25) is 0 Å². The van der Waals surface area contributed by atoms with Gasteiger partial charge in [-0.2, -0.15) is 0 Å². The topological polar surface area (TPSA) is 60.4 Å². The second-order valence-electron chi connectivity index (χ2n) is 5.05. The zero-order chi connectivity index (χ0) is 16.4. The summed E-state index contributed by atoms with van der Waals surface area (Å²) >= 11 is 3.01. The van der Waals surface area contributed by atoms with Crippen molar-refractivity contribution < 1.29 is 22.3 Å². The number of hydrogen-bond acceptors (Lipinski definition) is 4. The Kier molecular flexibility index (Phi) is 6.19. The molecule has 0 saturated carbocycles. The number of benzene rings is 1. The largest absolute Gasteiger partial charge is 0.459 e. The number of hydrogen-bond donors (Lipinski definition) is 0. The van der Waals surface area contributed by atoms with Crippen molar-refractivity contribution in [3.63, 3.8) is 0 Å². The van der Waals surface area contributed by atoms with Crippen molar-refractivity contribution in [1.82, 2.24) is 0 Å². The van der Waals surface area contributed by atoms with E-state index in [1.807, 2.05) is 13.8 Å². The summed E-state index contributed by atoms with van der Waals surface area (Å²) in [6.07, 6.45) is 0.316. The summed E-state index contributed by atoms with van der Waals surface area (Å²) < 4.78 is 41.4. The number of carbonyl (C=O) groups is 1. The molecule has 4 nitrogen and oxygen atoms in total. The molecule has 0 aliphatic heterocycles. The first-order chi connectivity index (χ1) is 9.52. The SMILES string of the molecule is CC(C)CC(C)OC(=O)c1cc(S(=O)(=O)Cl)c(F)cc1Br. The molecule has 0 saturated heterocycles. The van der Waals surface area contributed by atoms with Gasteiger partial charge in [0, 0.05) is 15.2 Å². The molecule has 0 aliphatic carbocycles. The number of carbonyl (C=O) groups excluding carboxylic acids is 1. The Morgan fingerprint density at radius 3 is 2.43 bits per heavy atom. The lowest BCUT2D eigenvalue weighted by atomic mass is 10.1. The van der Waals surface area contributed by atoms with Crippen molar-refractivity contribution in [1.29, 1.82) is 0 Å². The van der Waals surface area contributed by atoms with E-state index in [2.05, 4.69) is 15.9 Å². The Labute approximate surface area is 136 Å². The minimum absolute atomic E-state index is 0.0915. The van der Waals surface area contributed by atoms with Gasteiger partial charge in [0.15, 0.2) is 0 Å². The van der Waals surface area contributed by atoms with Crippen LogP contribution in [0.3, 0.4) is 0 Å². The van der Waals surface area contributed by atoms with Crippen LogP contribution in [0.1, 0.15) is 37.6 Å². The maximum atomic E-state index is 13.6. The van der Waals surface area contributed by atoms with E-state index in [1.54, 1.807) is 6.92 Å². The van der Waals surface area contributed by atoms with Crippen LogP contribution >= 0.6 is 26.6 Å². The van der Waals surface area contributed by atoms with Crippen molar-refractivity contribution in [2.24, 2.45) is 5.92 Å². The summed E-state index contributed by atoms with van der Waals surface area (Å²) in [5.41, 5.74) is -0.0915. The van der Waals surface area contributed by atoms with Gasteiger partial charge >= 0.3 is 5.97 Å². The van der Waals surface area contributed by atoms with E-state index >= 15 is 0 Å². The third-order valence-corrected chi connectivity index (χ3v) is 4.61. The number of esters is 1. The molecule has 1 aromatic carbocycles. The lowest BCUT2D eigenvalue weighted by molar-refractivity contribution is 0.0298. The van der Waals surface area contributed by atoms with Gasteiger partial charge in [-0.3, -0.25) is 0 Å². The molecule has 0 spiro atoms. The summed E-state index contributed by atoms with van der Waals surface area (Å²) in [5.74, 6) is -1.44. The monoisotopic (exact) mass is 400 g/mol. The number of rotatable bonds is 5. The van der Waals surface area contributed by atoms with E-state index in [1.165, 1.54) is 0 Å². The minimum Gasteiger partial charge on any atom is -0.459 e. The molecule has 118 valence electrons. The van der Waals surface area contributed by atoms with Gasteiger partial charge in [-0.15, -0.1) is 0 Å². The third kappa shape index (κ3) is 5.23. The van der Waals surface area contributed by atoms with E-state index < -0.39 is 25.7 Å². The molecule has 0 N–H and O–H groups in total. The van der Waals surface area contributed by atoms with Crippen molar-refractivity contribution in [2.45, 2.75) is 38.2 Å². The van der Waals surface area contributed by atoms with Crippen LogP contribution in [0, 0.1) is 11.7 Å². The normalized spacial score (nSPS) is 13.3. The first kappa shape index (κ1) is 18.4. The van der Waals surface area contributed by atoms with Gasteiger partial charge < -0.3 is 4.74 Å². The van der Waals surface area contributed by atoms with E-state index in [9.17, 15) is 17.6 Å². The van der Waals surface area contributed by atoms with Crippen molar-refractivity contribution >= 4 is 41.6 Å². The quantitative estimate of drug-likeness (QED) is 0.550. The van der Waals surface area contributed by atoms with Gasteiger partial charge in [-0.1, -0.05) is 13.8 Å². The predicted molar refractivity (Wildman–Crippen MR) is 81.5 cm³/mol. The van der Waals surface area contributed by atoms with Crippen molar-refractivity contribution in [2.75, 3.05) is 0 Å². The van der Waals surface area contributed by atoms with Crippen LogP contribution < -0.4 is 0 Å². The van der Waals surface area contributed by atoms with Gasteiger partial charge in [0.1, 0.15) is 10.7 Å². The molecule has 0 radical (unpaired) electrons. The van der Waals surface area contributed by atoms with Crippen LogP contribution in [-0.2, 0) is 13.8 Å². The lowest BCUT2D eigenvalue weighted by Gasteiger charge is -2.16. The minimum atomic E-state index is -4.29. The third-order valence-electron chi connectivity index (χ3n) is 2.62. The number of halogens is 3. The molecular formula is C13H15BrClFO4S. The highest BCUT2D eigenvalue weighted by molar-refractivity contribution is 9.10. The van der Waals surface area contributed by atoms with Gasteiger partial charge in [0.2, 0.25) is 0 Å². The summed E-state index contributed by atoms with van der Waals surface area (Å²) in [6, 6.07) is 1.74. The predicted octanol–water partition coefficient (Wildman–Crippen LogP) is 4.11. The average molecular weight is 402 g/mol. The van der Waals surface area contributed by atoms with Gasteiger partial charge in [0.25, 0.3) is 9.05 Å². The zero-order valence-corrected chi connectivity index (χ0v) is 14.9. The van der Waals surface area contributed by atoms with Gasteiger partial charge in [-0.05, 0) is 47.3 Å². The fourth-order valence-electron chi connectivity index (χ4n) is 1.83. The van der Waals surface area contributed by atoms with Gasteiger partial charge in [-0.25, -0.2) is 17.6 Å². The Morgan fingerprint density at radius 2 is 1.95 bits per heavy atom. The molecule has 21 heavy (non-hydrogen) atoms. The molecule has 0 aliphatic rings. The van der Waals surface area contributed by atoms with E-state index in [4.69, 9.17) is 15.4 Å². The van der Waals surface area contributed by atoms with Crippen molar-refractivity contribution in [3.8, 4) is 0 Å². The maximum Gasteiger partial charge on any atom is 0.339 e. The van der Waals surface area contributed by atoms with Crippen LogP contribution in [0.15, 0.2) is 21.5 Å². The van der Waals surface area contributed by atoms with E-state index in [0.717, 1.165) is 12.1 Å². The highest BCUT2D eigenvalue weighted by Gasteiger charge is 2.23. The molecule has 0 fully saturated rings. The Bertz CT molecular complexity index is 646. The summed E-state index contributed by atoms with van der Waals surface area (Å²) in [6.45, 7) is 5.70. The maximum absolute atomic E-state index is 13.6. The van der Waals surface area contributed by atoms with Crippen LogP contribution in [0.4, 0.5) is 4.39 Å². The summed E-state index contributed by atoms with van der Waals surface area (Å²) in [7, 11) is 0.847. The molecular weight excluding hydrogens is 387 g/mol. The van der Waals surface area contributed by atoms with Gasteiger partial charge in [0.05, 0.1) is 11.7 Å². The molecule has 1 unspecified atom stereocenters. The molecule has 1 aromatic rings. The number of ether oxygens (including phenoxy) is 1. The van der Waals surface area contributed by atoms with Crippen molar-refractivity contribution in [3.05, 3.63) is 28.0 Å². The Morgan fingerprint density at radius 1 is 1.38 bits per heavy atom. The second-order valence-corrected chi connectivity index (χ2v) is 8.43. The standard InChI is InChI=1S/C13H15BrClFO4S/c1-7(2)4-8(3)20-13(17)9-5-12(21(15,18)19)11(16)6-10(9)14/h5-8H,4H2,1-3H3. The second kappa shape index (κ2) is 7.07. The molecule has 8 heteroatoms. The smallest absolute Gasteiger partial charge is 0.339 e. The van der Waals surface area contributed by atoms with E-state index in [-0.39, 0.29) is 16.1 Å². The first-order valence-electron chi connectivity index (χ1n) is 6.17. The molecule has 0 aromatic heterocycles. The fourth-order valence-corrected chi connectivity index (χ4v) is 3.21. The molecule has 0 heterocycles. The first-order valence-corrected chi connectivity index (χ1v) is 9.27. The molecule has 1 rings (SSSR count). The average Bonchev–Trinajstić information content (AvgIpc) is 2.24. The molecule has 1 atom stereocenters. The lowest BCUT2D eigenvalue weighted by Crippen LogP contribution is -2.17. The zero-order valence-electron chi connectivity index (χ0n) is 11.7. The highest BCUT2D eigenvalue weighted by Crippen LogP contribution is 2.27. The fraction of sp³-hybridized carbons (Fsp3) is 0.462. The van der Waals surface area contributed by atoms with Crippen LogP contribution in [0.5, 0.6) is 0 Å². The van der Waals surface area contributed by atoms with E-state index in [0.29, 0.717) is 12.3 Å². The van der Waals surface area contributed by atoms with Crippen LogP contribution in [-0.4, -0.2) is 20.5 Å². The molecule has 0 amide bonds. The molecule has 0 bridgehead atoms. The summed E-state index contributed by atoms with van der Waals surface area (Å²) in [5, 5.41) is 0.